The van der Waals surface area contributed by atoms with Gasteiger partial charge in [0, 0.05) is 16.1 Å². The summed E-state index contributed by atoms with van der Waals surface area (Å²) in [5.41, 5.74) is 0.158. The monoisotopic (exact) mass is 519 g/mol. The lowest BCUT2D eigenvalue weighted by Crippen LogP contribution is -2.17. The summed E-state index contributed by atoms with van der Waals surface area (Å²) in [6, 6.07) is 7.91. The minimum absolute atomic E-state index is 0.0142. The number of aromatic nitrogens is 1. The second-order valence-corrected chi connectivity index (χ2v) is 8.59. The van der Waals surface area contributed by atoms with Crippen LogP contribution >= 0.6 is 23.1 Å². The zero-order valence-corrected chi connectivity index (χ0v) is 19.6. The van der Waals surface area contributed by atoms with Crippen molar-refractivity contribution in [3.8, 4) is 17.0 Å². The van der Waals surface area contributed by atoms with Crippen molar-refractivity contribution < 1.29 is 36.2 Å². The molecule has 1 heterocycles. The van der Waals surface area contributed by atoms with E-state index >= 15 is 0 Å². The Kier molecular flexibility index (Phi) is 8.14. The van der Waals surface area contributed by atoms with Crippen molar-refractivity contribution >= 4 is 29.1 Å². The molecule has 1 atom stereocenters. The summed E-state index contributed by atoms with van der Waals surface area (Å²) in [4.78, 5) is 10.7. The molecule has 2 aromatic carbocycles. The Hall–Kier alpha value is -2.72. The molecule has 0 spiro atoms. The van der Waals surface area contributed by atoms with Crippen molar-refractivity contribution in [2.45, 2.75) is 33.1 Å². The predicted molar refractivity (Wildman–Crippen MR) is 118 cm³/mol. The highest BCUT2D eigenvalue weighted by atomic mass is 35.5. The van der Waals surface area contributed by atoms with E-state index in [0.717, 1.165) is 12.1 Å². The van der Waals surface area contributed by atoms with Gasteiger partial charge in [-0.05, 0) is 54.7 Å². The first-order chi connectivity index (χ1) is 16.0. The van der Waals surface area contributed by atoms with Crippen LogP contribution in [0.5, 0.6) is 5.75 Å². The normalized spacial score (nSPS) is 12.5. The molecule has 0 saturated carbocycles. The molecule has 0 amide bonds. The number of alkyl halides is 3. The number of nitrogens with zero attached hydrogens (tertiary/aromatic N) is 1. The minimum atomic E-state index is -4.73. The van der Waals surface area contributed by atoms with Crippen LogP contribution in [0.25, 0.3) is 11.3 Å². The summed E-state index contributed by atoms with van der Waals surface area (Å²) in [5.74, 6) is -4.18. The fraction of sp³-hybridized carbons (Fsp3) is 0.304. The van der Waals surface area contributed by atoms with Crippen LogP contribution in [0.4, 0.5) is 22.0 Å². The third kappa shape index (κ3) is 6.04. The number of halogens is 6. The summed E-state index contributed by atoms with van der Waals surface area (Å²) >= 11 is 6.06. The Labute approximate surface area is 201 Å². The van der Waals surface area contributed by atoms with Crippen molar-refractivity contribution in [2.75, 3.05) is 6.61 Å². The maximum atomic E-state index is 14.6. The molecule has 0 N–H and O–H groups in total. The highest BCUT2D eigenvalue weighted by Gasteiger charge is 2.38. The number of esters is 1. The zero-order valence-electron chi connectivity index (χ0n) is 18.0. The Morgan fingerprint density at radius 3 is 2.32 bits per heavy atom. The van der Waals surface area contributed by atoms with Crippen LogP contribution in [0.15, 0.2) is 36.4 Å². The largest absolute Gasteiger partial charge is 0.483 e. The molecule has 0 radical (unpaired) electrons. The summed E-state index contributed by atoms with van der Waals surface area (Å²) in [6.07, 6.45) is -4.72. The van der Waals surface area contributed by atoms with Crippen LogP contribution in [0.2, 0.25) is 5.02 Å². The first kappa shape index (κ1) is 25.9. The average Bonchev–Trinajstić information content (AvgIpc) is 3.18. The lowest BCUT2D eigenvalue weighted by atomic mass is 10.0. The number of carbonyl (C=O) groups is 1. The smallest absolute Gasteiger partial charge is 0.427 e. The van der Waals surface area contributed by atoms with Crippen LogP contribution in [-0.4, -0.2) is 16.9 Å². The van der Waals surface area contributed by atoms with Gasteiger partial charge in [0.1, 0.15) is 11.5 Å². The lowest BCUT2D eigenvalue weighted by molar-refractivity contribution is -0.147. The van der Waals surface area contributed by atoms with E-state index in [1.54, 1.807) is 13.8 Å². The van der Waals surface area contributed by atoms with E-state index in [2.05, 4.69) is 4.37 Å². The molecule has 3 aromatic rings. The van der Waals surface area contributed by atoms with Gasteiger partial charge in [0.25, 0.3) is 0 Å². The maximum Gasteiger partial charge on any atom is 0.427 e. The minimum Gasteiger partial charge on any atom is -0.483 e. The van der Waals surface area contributed by atoms with Crippen LogP contribution in [-0.2, 0) is 28.7 Å². The standard InChI is InChI=1S/C23H19ClF5NO3S/c1-3-32-22(31)12(2)8-13-9-17(25)20(18(26)10-13)33-11-16-19(14-4-6-15(24)7-5-14)30-34-21(16)23(27,28)29/h4-7,9-10,12H,3,8,11H2,1-2H3. The van der Waals surface area contributed by atoms with Gasteiger partial charge in [0.15, 0.2) is 17.4 Å². The Bertz CT molecular complexity index is 1140. The van der Waals surface area contributed by atoms with Crippen molar-refractivity contribution in [1.82, 2.24) is 4.37 Å². The molecule has 3 rings (SSSR count). The SMILES string of the molecule is CCOC(=O)C(C)Cc1cc(F)c(OCc2c(-c3ccc(Cl)cc3)nsc2C(F)(F)F)c(F)c1. The fourth-order valence-electron chi connectivity index (χ4n) is 3.23. The second-order valence-electron chi connectivity index (χ2n) is 7.38. The van der Waals surface area contributed by atoms with Crippen molar-refractivity contribution in [1.29, 1.82) is 0 Å². The highest BCUT2D eigenvalue weighted by Crippen LogP contribution is 2.40. The van der Waals surface area contributed by atoms with Crippen molar-refractivity contribution in [3.63, 3.8) is 0 Å². The summed E-state index contributed by atoms with van der Waals surface area (Å²) < 4.78 is 83.7. The number of ether oxygens (including phenoxy) is 2. The number of benzene rings is 2. The molecule has 34 heavy (non-hydrogen) atoms. The van der Waals surface area contributed by atoms with E-state index in [9.17, 15) is 26.7 Å². The number of carbonyl (C=O) groups excluding carboxylic acids is 1. The molecule has 11 heteroatoms. The molecule has 182 valence electrons. The zero-order chi connectivity index (χ0) is 25.0. The van der Waals surface area contributed by atoms with Gasteiger partial charge < -0.3 is 9.47 Å². The molecular weight excluding hydrogens is 501 g/mol. The highest BCUT2D eigenvalue weighted by molar-refractivity contribution is 7.06. The molecule has 1 unspecified atom stereocenters. The molecule has 1 aromatic heterocycles. The Morgan fingerprint density at radius 2 is 1.76 bits per heavy atom. The van der Waals surface area contributed by atoms with Crippen LogP contribution in [0.1, 0.15) is 29.9 Å². The molecule has 0 aliphatic heterocycles. The van der Waals surface area contributed by atoms with E-state index in [0.29, 0.717) is 10.6 Å². The fourth-order valence-corrected chi connectivity index (χ4v) is 4.13. The maximum absolute atomic E-state index is 14.6. The first-order valence-electron chi connectivity index (χ1n) is 10.1. The first-order valence-corrected chi connectivity index (χ1v) is 11.2. The molecule has 0 aliphatic rings. The lowest BCUT2D eigenvalue weighted by Gasteiger charge is -2.14. The van der Waals surface area contributed by atoms with Crippen LogP contribution in [0.3, 0.4) is 0 Å². The third-order valence-electron chi connectivity index (χ3n) is 4.81. The van der Waals surface area contributed by atoms with Gasteiger partial charge in [0.2, 0.25) is 0 Å². The molecule has 0 aliphatic carbocycles. The molecule has 0 bridgehead atoms. The summed E-state index contributed by atoms with van der Waals surface area (Å²) in [7, 11) is 0. The van der Waals surface area contributed by atoms with E-state index in [1.807, 2.05) is 0 Å². The quantitative estimate of drug-likeness (QED) is 0.236. The Morgan fingerprint density at radius 1 is 1.15 bits per heavy atom. The third-order valence-corrected chi connectivity index (χ3v) is 6.00. The van der Waals surface area contributed by atoms with E-state index in [4.69, 9.17) is 21.1 Å². The molecule has 0 saturated heterocycles. The number of rotatable bonds is 8. The van der Waals surface area contributed by atoms with Crippen molar-refractivity contribution in [3.05, 3.63) is 69.1 Å². The molecule has 0 fully saturated rings. The van der Waals surface area contributed by atoms with E-state index < -0.39 is 46.9 Å². The average molecular weight is 520 g/mol. The van der Waals surface area contributed by atoms with Gasteiger partial charge in [-0.15, -0.1) is 0 Å². The topological polar surface area (TPSA) is 48.4 Å². The summed E-state index contributed by atoms with van der Waals surface area (Å²) in [5, 5.41) is 0.384. The van der Waals surface area contributed by atoms with Gasteiger partial charge >= 0.3 is 12.1 Å². The van der Waals surface area contributed by atoms with Crippen LogP contribution < -0.4 is 4.74 Å². The molecular formula is C23H19ClF5NO3S. The van der Waals surface area contributed by atoms with Gasteiger partial charge in [-0.3, -0.25) is 4.79 Å². The summed E-state index contributed by atoms with van der Waals surface area (Å²) in [6.45, 7) is 2.60. The van der Waals surface area contributed by atoms with Gasteiger partial charge in [-0.25, -0.2) is 8.78 Å². The van der Waals surface area contributed by atoms with Crippen LogP contribution in [0, 0.1) is 17.6 Å². The van der Waals surface area contributed by atoms with Gasteiger partial charge in [-0.2, -0.15) is 17.5 Å². The second kappa shape index (κ2) is 10.7. The van der Waals surface area contributed by atoms with Crippen molar-refractivity contribution in [2.24, 2.45) is 5.92 Å². The number of hydrogen-bond acceptors (Lipinski definition) is 5. The predicted octanol–water partition coefficient (Wildman–Crippen LogP) is 7.08. The van der Waals surface area contributed by atoms with Gasteiger partial charge in [-0.1, -0.05) is 30.7 Å². The van der Waals surface area contributed by atoms with E-state index in [1.165, 1.54) is 24.3 Å². The van der Waals surface area contributed by atoms with Gasteiger partial charge in [0.05, 0.1) is 18.2 Å². The number of hydrogen-bond donors (Lipinski definition) is 0. The molecule has 4 nitrogen and oxygen atoms in total. The van der Waals surface area contributed by atoms with E-state index in [-0.39, 0.29) is 41.4 Å². The Balaban J connectivity index is 1.86.